The molecular formula is C12H13F2NO4. The Morgan fingerprint density at radius 1 is 1.26 bits per heavy atom. The van der Waals surface area contributed by atoms with Crippen molar-refractivity contribution in [2.45, 2.75) is 19.1 Å². The molecule has 1 aromatic rings. The fraction of sp³-hybridized carbons (Fsp3) is 0.333. The van der Waals surface area contributed by atoms with Crippen molar-refractivity contribution in [1.82, 2.24) is 5.32 Å². The lowest BCUT2D eigenvalue weighted by Gasteiger charge is -2.15. The average Bonchev–Trinajstić information content (AvgIpc) is 2.35. The summed E-state index contributed by atoms with van der Waals surface area (Å²) in [5.41, 5.74) is -0.243. The lowest BCUT2D eigenvalue weighted by atomic mass is 10.1. The number of esters is 1. The Balaban J connectivity index is 2.79. The number of aliphatic hydroxyl groups excluding tert-OH is 1. The first-order valence-electron chi connectivity index (χ1n) is 5.37. The minimum absolute atomic E-state index is 0.243. The van der Waals surface area contributed by atoms with E-state index in [0.717, 1.165) is 19.2 Å². The van der Waals surface area contributed by atoms with Gasteiger partial charge in [-0.05, 0) is 24.6 Å². The monoisotopic (exact) mass is 273 g/mol. The lowest BCUT2D eigenvalue weighted by Crippen LogP contribution is -2.41. The Bertz CT molecular complexity index is 472. The van der Waals surface area contributed by atoms with E-state index < -0.39 is 35.7 Å². The van der Waals surface area contributed by atoms with E-state index >= 15 is 0 Å². The van der Waals surface area contributed by atoms with Gasteiger partial charge in [-0.1, -0.05) is 0 Å². The maximum absolute atomic E-state index is 12.9. The fourth-order valence-electron chi connectivity index (χ4n) is 1.41. The molecule has 1 amide bonds. The molecule has 0 saturated carbocycles. The summed E-state index contributed by atoms with van der Waals surface area (Å²) >= 11 is 0. The number of rotatable bonds is 4. The second kappa shape index (κ2) is 6.24. The van der Waals surface area contributed by atoms with Crippen LogP contribution >= 0.6 is 0 Å². The van der Waals surface area contributed by atoms with Crippen LogP contribution in [0.5, 0.6) is 0 Å². The van der Waals surface area contributed by atoms with E-state index in [1.54, 1.807) is 0 Å². The van der Waals surface area contributed by atoms with Gasteiger partial charge in [-0.25, -0.2) is 13.6 Å². The minimum Gasteiger partial charge on any atom is -0.467 e. The molecule has 0 radical (unpaired) electrons. The van der Waals surface area contributed by atoms with Crippen LogP contribution in [-0.2, 0) is 14.3 Å². The van der Waals surface area contributed by atoms with Crippen molar-refractivity contribution < 1.29 is 28.2 Å². The summed E-state index contributed by atoms with van der Waals surface area (Å²) in [6.07, 6.45) is -1.78. The third-order valence-electron chi connectivity index (χ3n) is 2.36. The molecule has 0 spiro atoms. The molecule has 2 N–H and O–H groups in total. The van der Waals surface area contributed by atoms with Crippen LogP contribution in [-0.4, -0.2) is 30.1 Å². The SMILES string of the molecule is COC(=O)[C@H](C)NC(=O)[C@@H](O)c1cc(F)cc(F)c1. The van der Waals surface area contributed by atoms with Gasteiger partial charge in [0.15, 0.2) is 6.10 Å². The lowest BCUT2D eigenvalue weighted by molar-refractivity contribution is -0.145. The third-order valence-corrected chi connectivity index (χ3v) is 2.36. The van der Waals surface area contributed by atoms with Crippen LogP contribution in [0.15, 0.2) is 18.2 Å². The second-order valence-electron chi connectivity index (χ2n) is 3.86. The van der Waals surface area contributed by atoms with E-state index in [0.29, 0.717) is 6.07 Å². The van der Waals surface area contributed by atoms with Crippen molar-refractivity contribution in [2.75, 3.05) is 7.11 Å². The summed E-state index contributed by atoms with van der Waals surface area (Å²) in [5, 5.41) is 11.8. The zero-order valence-electron chi connectivity index (χ0n) is 10.3. The van der Waals surface area contributed by atoms with E-state index in [2.05, 4.69) is 10.1 Å². The van der Waals surface area contributed by atoms with Crippen molar-refractivity contribution in [3.05, 3.63) is 35.4 Å². The molecule has 19 heavy (non-hydrogen) atoms. The van der Waals surface area contributed by atoms with E-state index in [1.807, 2.05) is 0 Å². The molecule has 0 aromatic heterocycles. The molecule has 0 aliphatic heterocycles. The Labute approximate surface area is 108 Å². The Morgan fingerprint density at radius 2 is 1.79 bits per heavy atom. The van der Waals surface area contributed by atoms with Gasteiger partial charge < -0.3 is 15.2 Å². The predicted octanol–water partition coefficient (Wildman–Crippen LogP) is 0.676. The topological polar surface area (TPSA) is 75.6 Å². The number of hydrogen-bond donors (Lipinski definition) is 2. The number of carbonyl (C=O) groups excluding carboxylic acids is 2. The van der Waals surface area contributed by atoms with Crippen LogP contribution in [0.2, 0.25) is 0 Å². The average molecular weight is 273 g/mol. The van der Waals surface area contributed by atoms with Gasteiger partial charge in [0.1, 0.15) is 17.7 Å². The number of methoxy groups -OCH3 is 1. The van der Waals surface area contributed by atoms with Crippen LogP contribution in [0.3, 0.4) is 0 Å². The van der Waals surface area contributed by atoms with E-state index in [9.17, 15) is 23.5 Å². The van der Waals surface area contributed by atoms with Crippen LogP contribution in [0, 0.1) is 11.6 Å². The fourth-order valence-corrected chi connectivity index (χ4v) is 1.41. The van der Waals surface area contributed by atoms with Gasteiger partial charge in [-0.2, -0.15) is 0 Å². The maximum Gasteiger partial charge on any atom is 0.328 e. The van der Waals surface area contributed by atoms with E-state index in [4.69, 9.17) is 0 Å². The first-order chi connectivity index (χ1) is 8.85. The zero-order valence-corrected chi connectivity index (χ0v) is 10.3. The van der Waals surface area contributed by atoms with Crippen molar-refractivity contribution >= 4 is 11.9 Å². The second-order valence-corrected chi connectivity index (χ2v) is 3.86. The molecule has 104 valence electrons. The smallest absolute Gasteiger partial charge is 0.328 e. The Kier molecular flexibility index (Phi) is 4.94. The molecule has 1 aromatic carbocycles. The standard InChI is InChI=1S/C12H13F2NO4/c1-6(12(18)19-2)15-11(17)10(16)7-3-8(13)5-9(14)4-7/h3-6,10,16H,1-2H3,(H,15,17)/t6-,10-/m0/s1. The minimum atomic E-state index is -1.78. The summed E-state index contributed by atoms with van der Waals surface area (Å²) in [6.45, 7) is 1.35. The first-order valence-corrected chi connectivity index (χ1v) is 5.37. The quantitative estimate of drug-likeness (QED) is 0.791. The Morgan fingerprint density at radius 3 is 2.26 bits per heavy atom. The summed E-state index contributed by atoms with van der Waals surface area (Å²) in [5.74, 6) is -3.49. The summed E-state index contributed by atoms with van der Waals surface area (Å²) in [6, 6.07) is 1.29. The van der Waals surface area contributed by atoms with Gasteiger partial charge in [0, 0.05) is 6.07 Å². The highest BCUT2D eigenvalue weighted by Gasteiger charge is 2.23. The molecule has 0 unspecified atom stereocenters. The molecule has 2 atom stereocenters. The van der Waals surface area contributed by atoms with Gasteiger partial charge in [0.25, 0.3) is 5.91 Å². The molecule has 0 aliphatic carbocycles. The van der Waals surface area contributed by atoms with Gasteiger partial charge in [-0.15, -0.1) is 0 Å². The Hall–Kier alpha value is -2.02. The van der Waals surface area contributed by atoms with Crippen molar-refractivity contribution in [1.29, 1.82) is 0 Å². The summed E-state index contributed by atoms with van der Waals surface area (Å²) in [4.78, 5) is 22.7. The highest BCUT2D eigenvalue weighted by Crippen LogP contribution is 2.16. The first kappa shape index (κ1) is 15.0. The number of amides is 1. The molecule has 5 nitrogen and oxygen atoms in total. The van der Waals surface area contributed by atoms with Crippen molar-refractivity contribution in [3.63, 3.8) is 0 Å². The molecular weight excluding hydrogens is 260 g/mol. The van der Waals surface area contributed by atoms with Crippen LogP contribution in [0.4, 0.5) is 8.78 Å². The molecule has 0 fully saturated rings. The number of halogens is 2. The van der Waals surface area contributed by atoms with Crippen molar-refractivity contribution in [2.24, 2.45) is 0 Å². The number of carbonyl (C=O) groups is 2. The van der Waals surface area contributed by atoms with Crippen LogP contribution < -0.4 is 5.32 Å². The van der Waals surface area contributed by atoms with Gasteiger partial charge >= 0.3 is 5.97 Å². The number of ether oxygens (including phenoxy) is 1. The zero-order chi connectivity index (χ0) is 14.6. The number of benzene rings is 1. The molecule has 7 heteroatoms. The van der Waals surface area contributed by atoms with Crippen molar-refractivity contribution in [3.8, 4) is 0 Å². The van der Waals surface area contributed by atoms with E-state index in [-0.39, 0.29) is 5.56 Å². The predicted molar refractivity (Wildman–Crippen MR) is 60.9 cm³/mol. The van der Waals surface area contributed by atoms with E-state index in [1.165, 1.54) is 6.92 Å². The van der Waals surface area contributed by atoms with Crippen LogP contribution in [0.25, 0.3) is 0 Å². The highest BCUT2D eigenvalue weighted by atomic mass is 19.1. The molecule has 0 bridgehead atoms. The largest absolute Gasteiger partial charge is 0.467 e. The van der Waals surface area contributed by atoms with Gasteiger partial charge in [-0.3, -0.25) is 4.79 Å². The summed E-state index contributed by atoms with van der Waals surface area (Å²) < 4.78 is 30.3. The molecule has 0 saturated heterocycles. The van der Waals surface area contributed by atoms with Gasteiger partial charge in [0.2, 0.25) is 0 Å². The number of aliphatic hydroxyl groups is 1. The highest BCUT2D eigenvalue weighted by molar-refractivity contribution is 5.87. The molecule has 1 rings (SSSR count). The number of hydrogen-bond acceptors (Lipinski definition) is 4. The number of nitrogens with one attached hydrogen (secondary N) is 1. The maximum atomic E-state index is 12.9. The normalized spacial score (nSPS) is 13.5. The molecule has 0 heterocycles. The van der Waals surface area contributed by atoms with Gasteiger partial charge in [0.05, 0.1) is 7.11 Å². The summed E-state index contributed by atoms with van der Waals surface area (Å²) in [7, 11) is 1.14. The third kappa shape index (κ3) is 3.99. The van der Waals surface area contributed by atoms with Crippen LogP contribution in [0.1, 0.15) is 18.6 Å². The molecule has 0 aliphatic rings.